The molecule has 1 saturated heterocycles. The minimum atomic E-state index is -0.152. The van der Waals surface area contributed by atoms with Crippen LogP contribution in [0.25, 0.3) is 0 Å². The van der Waals surface area contributed by atoms with Crippen LogP contribution in [-0.4, -0.2) is 29.0 Å². The number of aromatic hydroxyl groups is 1. The standard InChI is InChI=1S/C21H24FNO2/c1-15-8-10-18(13-20(15)24)21(25)23-12-4-5-16(14-23)9-11-17-6-2-3-7-19(17)22/h2-3,6-8,10,13,16,24H,4-5,9,11-12,14H2,1H3/t16-/m1/s1. The maximum absolute atomic E-state index is 13.8. The van der Waals surface area contributed by atoms with E-state index < -0.39 is 0 Å². The topological polar surface area (TPSA) is 40.5 Å². The predicted octanol–water partition coefficient (Wildman–Crippen LogP) is 4.32. The second kappa shape index (κ2) is 7.68. The molecule has 4 heteroatoms. The highest BCUT2D eigenvalue weighted by molar-refractivity contribution is 5.94. The van der Waals surface area contributed by atoms with E-state index in [0.717, 1.165) is 36.9 Å². The van der Waals surface area contributed by atoms with Crippen LogP contribution < -0.4 is 0 Å². The van der Waals surface area contributed by atoms with Crippen LogP contribution in [0.5, 0.6) is 5.75 Å². The number of halogens is 1. The highest BCUT2D eigenvalue weighted by atomic mass is 19.1. The van der Waals surface area contributed by atoms with Crippen LogP contribution in [0, 0.1) is 18.7 Å². The van der Waals surface area contributed by atoms with E-state index in [1.165, 1.54) is 6.07 Å². The Morgan fingerprint density at radius 1 is 1.28 bits per heavy atom. The molecule has 1 atom stereocenters. The van der Waals surface area contributed by atoms with Gasteiger partial charge < -0.3 is 10.0 Å². The highest BCUT2D eigenvalue weighted by Gasteiger charge is 2.24. The normalized spacial score (nSPS) is 17.5. The molecule has 0 aliphatic carbocycles. The van der Waals surface area contributed by atoms with Crippen LogP contribution in [0.1, 0.15) is 40.7 Å². The third-order valence-electron chi connectivity index (χ3n) is 5.04. The van der Waals surface area contributed by atoms with Gasteiger partial charge in [0.1, 0.15) is 11.6 Å². The molecule has 1 N–H and O–H groups in total. The van der Waals surface area contributed by atoms with E-state index in [4.69, 9.17) is 0 Å². The summed E-state index contributed by atoms with van der Waals surface area (Å²) < 4.78 is 13.8. The van der Waals surface area contributed by atoms with Gasteiger partial charge in [0.15, 0.2) is 0 Å². The third kappa shape index (κ3) is 4.19. The molecule has 3 rings (SSSR count). The molecule has 1 heterocycles. The van der Waals surface area contributed by atoms with Crippen molar-refractivity contribution in [2.75, 3.05) is 13.1 Å². The first-order valence-corrected chi connectivity index (χ1v) is 8.87. The lowest BCUT2D eigenvalue weighted by Gasteiger charge is -2.33. The van der Waals surface area contributed by atoms with Crippen LogP contribution in [-0.2, 0) is 6.42 Å². The Bertz CT molecular complexity index is 759. The van der Waals surface area contributed by atoms with Crippen molar-refractivity contribution in [1.82, 2.24) is 4.90 Å². The summed E-state index contributed by atoms with van der Waals surface area (Å²) in [4.78, 5) is 14.6. The van der Waals surface area contributed by atoms with E-state index >= 15 is 0 Å². The SMILES string of the molecule is Cc1ccc(C(=O)N2CCC[C@H](CCc3ccccc3F)C2)cc1O. The molecule has 0 unspecified atom stereocenters. The Morgan fingerprint density at radius 2 is 2.08 bits per heavy atom. The van der Waals surface area contributed by atoms with Crippen molar-refractivity contribution in [2.45, 2.75) is 32.6 Å². The number of carbonyl (C=O) groups excluding carboxylic acids is 1. The van der Waals surface area contributed by atoms with E-state index in [-0.39, 0.29) is 17.5 Å². The highest BCUT2D eigenvalue weighted by Crippen LogP contribution is 2.25. The first kappa shape index (κ1) is 17.5. The zero-order chi connectivity index (χ0) is 17.8. The summed E-state index contributed by atoms with van der Waals surface area (Å²) in [5, 5.41) is 9.83. The molecule has 0 spiro atoms. The molecule has 1 aliphatic heterocycles. The van der Waals surface area contributed by atoms with E-state index in [1.54, 1.807) is 24.3 Å². The molecular weight excluding hydrogens is 317 g/mol. The number of phenols is 1. The molecule has 2 aromatic carbocycles. The van der Waals surface area contributed by atoms with Crippen LogP contribution >= 0.6 is 0 Å². The lowest BCUT2D eigenvalue weighted by molar-refractivity contribution is 0.0668. The Balaban J connectivity index is 1.61. The van der Waals surface area contributed by atoms with Gasteiger partial charge in [0.2, 0.25) is 0 Å². The van der Waals surface area contributed by atoms with Gasteiger partial charge in [0, 0.05) is 18.7 Å². The number of hydrogen-bond donors (Lipinski definition) is 1. The summed E-state index contributed by atoms with van der Waals surface area (Å²) in [5.74, 6) is 0.350. The predicted molar refractivity (Wildman–Crippen MR) is 96.2 cm³/mol. The molecule has 0 aromatic heterocycles. The molecule has 0 radical (unpaired) electrons. The monoisotopic (exact) mass is 341 g/mol. The Labute approximate surface area is 148 Å². The van der Waals surface area contributed by atoms with Gasteiger partial charge in [-0.05, 0) is 67.9 Å². The van der Waals surface area contributed by atoms with E-state index in [1.807, 2.05) is 24.0 Å². The molecule has 25 heavy (non-hydrogen) atoms. The number of piperidine rings is 1. The molecule has 0 saturated carbocycles. The van der Waals surface area contributed by atoms with Gasteiger partial charge in [-0.1, -0.05) is 24.3 Å². The van der Waals surface area contributed by atoms with Gasteiger partial charge in [-0.25, -0.2) is 4.39 Å². The quantitative estimate of drug-likeness (QED) is 0.899. The van der Waals surface area contributed by atoms with Crippen molar-refractivity contribution < 1.29 is 14.3 Å². The third-order valence-corrected chi connectivity index (χ3v) is 5.04. The first-order valence-electron chi connectivity index (χ1n) is 8.87. The average Bonchev–Trinajstić information content (AvgIpc) is 2.63. The Morgan fingerprint density at radius 3 is 2.84 bits per heavy atom. The molecule has 0 bridgehead atoms. The van der Waals surface area contributed by atoms with Crippen molar-refractivity contribution in [1.29, 1.82) is 0 Å². The molecular formula is C21H24FNO2. The number of nitrogens with zero attached hydrogens (tertiary/aromatic N) is 1. The van der Waals surface area contributed by atoms with Gasteiger partial charge in [0.25, 0.3) is 5.91 Å². The minimum absolute atomic E-state index is 0.0362. The van der Waals surface area contributed by atoms with E-state index in [0.29, 0.717) is 24.4 Å². The second-order valence-corrected chi connectivity index (χ2v) is 6.89. The second-order valence-electron chi connectivity index (χ2n) is 6.89. The van der Waals surface area contributed by atoms with Crippen molar-refractivity contribution in [3.05, 3.63) is 65.0 Å². The maximum atomic E-state index is 13.8. The largest absolute Gasteiger partial charge is 0.508 e. The molecule has 2 aromatic rings. The van der Waals surface area contributed by atoms with E-state index in [2.05, 4.69) is 0 Å². The Hall–Kier alpha value is -2.36. The smallest absolute Gasteiger partial charge is 0.253 e. The van der Waals surface area contributed by atoms with E-state index in [9.17, 15) is 14.3 Å². The lowest BCUT2D eigenvalue weighted by Crippen LogP contribution is -2.40. The van der Waals surface area contributed by atoms with Crippen LogP contribution in [0.15, 0.2) is 42.5 Å². The zero-order valence-corrected chi connectivity index (χ0v) is 14.5. The number of likely N-dealkylation sites (tertiary alicyclic amines) is 1. The van der Waals surface area contributed by atoms with Crippen molar-refractivity contribution in [3.8, 4) is 5.75 Å². The number of hydrogen-bond acceptors (Lipinski definition) is 2. The fraction of sp³-hybridized carbons (Fsp3) is 0.381. The first-order chi connectivity index (χ1) is 12.0. The number of rotatable bonds is 4. The van der Waals surface area contributed by atoms with Gasteiger partial charge in [-0.3, -0.25) is 4.79 Å². The van der Waals surface area contributed by atoms with Crippen molar-refractivity contribution in [2.24, 2.45) is 5.92 Å². The van der Waals surface area contributed by atoms with Gasteiger partial charge >= 0.3 is 0 Å². The summed E-state index contributed by atoms with van der Waals surface area (Å²) in [6, 6.07) is 12.0. The number of aryl methyl sites for hydroxylation is 2. The van der Waals surface area contributed by atoms with Gasteiger partial charge in [0.05, 0.1) is 0 Å². The average molecular weight is 341 g/mol. The Kier molecular flexibility index (Phi) is 5.37. The van der Waals surface area contributed by atoms with Crippen molar-refractivity contribution >= 4 is 5.91 Å². The van der Waals surface area contributed by atoms with Crippen LogP contribution in [0.3, 0.4) is 0 Å². The van der Waals surface area contributed by atoms with Gasteiger partial charge in [-0.15, -0.1) is 0 Å². The summed E-state index contributed by atoms with van der Waals surface area (Å²) in [7, 11) is 0. The zero-order valence-electron chi connectivity index (χ0n) is 14.5. The van der Waals surface area contributed by atoms with Crippen LogP contribution in [0.2, 0.25) is 0 Å². The summed E-state index contributed by atoms with van der Waals surface area (Å²) in [5.41, 5.74) is 2.03. The number of benzene rings is 2. The number of phenolic OH excluding ortho intramolecular Hbond substituents is 1. The number of carbonyl (C=O) groups is 1. The molecule has 132 valence electrons. The number of amides is 1. The van der Waals surface area contributed by atoms with Crippen LogP contribution in [0.4, 0.5) is 4.39 Å². The summed E-state index contributed by atoms with van der Waals surface area (Å²) >= 11 is 0. The molecule has 1 fully saturated rings. The van der Waals surface area contributed by atoms with Gasteiger partial charge in [-0.2, -0.15) is 0 Å². The minimum Gasteiger partial charge on any atom is -0.508 e. The van der Waals surface area contributed by atoms with Crippen molar-refractivity contribution in [3.63, 3.8) is 0 Å². The molecule has 3 nitrogen and oxygen atoms in total. The maximum Gasteiger partial charge on any atom is 0.253 e. The summed E-state index contributed by atoms with van der Waals surface area (Å²) in [6.45, 7) is 3.24. The molecule has 1 aliphatic rings. The fourth-order valence-corrected chi connectivity index (χ4v) is 3.47. The summed E-state index contributed by atoms with van der Waals surface area (Å²) in [6.07, 6.45) is 3.61. The molecule has 1 amide bonds. The fourth-order valence-electron chi connectivity index (χ4n) is 3.47. The lowest BCUT2D eigenvalue weighted by atomic mass is 9.91.